The molecular weight excluding hydrogens is 350 g/mol. The van der Waals surface area contributed by atoms with Gasteiger partial charge in [0.2, 0.25) is 0 Å². The number of aromatic nitrogens is 1. The van der Waals surface area contributed by atoms with Gasteiger partial charge in [0, 0.05) is 23.9 Å². The van der Waals surface area contributed by atoms with Gasteiger partial charge in [-0.3, -0.25) is 0 Å². The molecule has 0 spiro atoms. The number of aryl methyl sites for hydroxylation is 2. The second kappa shape index (κ2) is 18.5. The lowest BCUT2D eigenvalue weighted by Gasteiger charge is -2.03. The average molecular weight is 393 g/mol. The lowest BCUT2D eigenvalue weighted by molar-refractivity contribution is -0.697. The monoisotopic (exact) mass is 392 g/mol. The van der Waals surface area contributed by atoms with Crippen molar-refractivity contribution in [3.63, 3.8) is 0 Å². The van der Waals surface area contributed by atoms with Gasteiger partial charge in [0.1, 0.15) is 6.54 Å². The minimum Gasteiger partial charge on any atom is -0.205 e. The Morgan fingerprint density at radius 2 is 1.37 bits per heavy atom. The van der Waals surface area contributed by atoms with E-state index in [9.17, 15) is 0 Å². The van der Waals surface area contributed by atoms with Crippen LogP contribution in [0.1, 0.15) is 102 Å². The van der Waals surface area contributed by atoms with Gasteiger partial charge in [-0.05, 0) is 44.6 Å². The molecule has 0 aliphatic rings. The molecule has 1 aromatic rings. The summed E-state index contributed by atoms with van der Waals surface area (Å²) < 4.78 is 2.38. The van der Waals surface area contributed by atoms with Crippen molar-refractivity contribution >= 4 is 11.6 Å². The summed E-state index contributed by atoms with van der Waals surface area (Å²) >= 11 is 5.70. The Balaban J connectivity index is 1.99. The summed E-state index contributed by atoms with van der Waals surface area (Å²) in [7, 11) is 0. The first kappa shape index (κ1) is 24.2. The lowest BCUT2D eigenvalue weighted by Crippen LogP contribution is -2.33. The molecule has 1 aromatic heterocycles. The van der Waals surface area contributed by atoms with Crippen LogP contribution in [0, 0.1) is 0 Å². The van der Waals surface area contributed by atoms with Gasteiger partial charge in [0.05, 0.1) is 0 Å². The molecule has 0 saturated heterocycles. The van der Waals surface area contributed by atoms with Gasteiger partial charge in [0.15, 0.2) is 12.4 Å². The van der Waals surface area contributed by atoms with Crippen LogP contribution in [0.15, 0.2) is 37.2 Å². The molecule has 0 atom stereocenters. The topological polar surface area (TPSA) is 3.88 Å². The second-order valence-electron chi connectivity index (χ2n) is 7.92. The first-order valence-electron chi connectivity index (χ1n) is 11.5. The number of allylic oxidation sites excluding steroid dienone is 1. The zero-order chi connectivity index (χ0) is 19.4. The molecule has 0 saturated carbocycles. The van der Waals surface area contributed by atoms with Crippen LogP contribution >= 0.6 is 11.6 Å². The Labute approximate surface area is 174 Å². The van der Waals surface area contributed by atoms with Crippen molar-refractivity contribution in [3.8, 4) is 0 Å². The number of pyridine rings is 1. The van der Waals surface area contributed by atoms with Crippen molar-refractivity contribution in [2.45, 2.75) is 109 Å². The summed E-state index contributed by atoms with van der Waals surface area (Å²) in [6.07, 6.45) is 27.9. The first-order valence-corrected chi connectivity index (χ1v) is 12.0. The molecular formula is C25H43ClN+. The van der Waals surface area contributed by atoms with Crippen molar-refractivity contribution in [3.05, 3.63) is 42.7 Å². The third kappa shape index (κ3) is 14.9. The maximum Gasteiger partial charge on any atom is 0.171 e. The van der Waals surface area contributed by atoms with Crippen LogP contribution < -0.4 is 4.57 Å². The SMILES string of the molecule is C=CCCCCCC[n+]1cccc(CCCCCCCCCCCCCl)c1. The standard InChI is InChI=1S/C25H43ClN/c1-2-3-4-5-14-17-22-27-23-18-20-25(24-27)19-15-12-10-8-6-7-9-11-13-16-21-26/h2,18,20,23-24H,1,3-17,19,21-22H2/q+1. The minimum atomic E-state index is 0.831. The maximum absolute atomic E-state index is 5.70. The number of alkyl halides is 1. The number of nitrogens with zero attached hydrogens (tertiary/aromatic N) is 1. The van der Waals surface area contributed by atoms with E-state index in [1.54, 1.807) is 0 Å². The van der Waals surface area contributed by atoms with E-state index in [1.807, 2.05) is 6.08 Å². The van der Waals surface area contributed by atoms with Crippen molar-refractivity contribution in [2.75, 3.05) is 5.88 Å². The van der Waals surface area contributed by atoms with Crippen LogP contribution in [-0.4, -0.2) is 5.88 Å². The molecule has 154 valence electrons. The molecule has 1 nitrogen and oxygen atoms in total. The molecule has 0 unspecified atom stereocenters. The first-order chi connectivity index (χ1) is 13.4. The van der Waals surface area contributed by atoms with E-state index < -0.39 is 0 Å². The molecule has 0 bridgehead atoms. The fraction of sp³-hybridized carbons (Fsp3) is 0.720. The smallest absolute Gasteiger partial charge is 0.171 e. The van der Waals surface area contributed by atoms with Gasteiger partial charge >= 0.3 is 0 Å². The zero-order valence-corrected chi connectivity index (χ0v) is 18.4. The van der Waals surface area contributed by atoms with Crippen LogP contribution in [0.3, 0.4) is 0 Å². The van der Waals surface area contributed by atoms with E-state index in [1.165, 1.54) is 102 Å². The highest BCUT2D eigenvalue weighted by atomic mass is 35.5. The van der Waals surface area contributed by atoms with E-state index in [-0.39, 0.29) is 0 Å². The van der Waals surface area contributed by atoms with Crippen molar-refractivity contribution in [1.82, 2.24) is 0 Å². The summed E-state index contributed by atoms with van der Waals surface area (Å²) in [6.45, 7) is 4.95. The number of hydrogen-bond acceptors (Lipinski definition) is 0. The van der Waals surface area contributed by atoms with Crippen LogP contribution in [0.25, 0.3) is 0 Å². The molecule has 27 heavy (non-hydrogen) atoms. The Morgan fingerprint density at radius 1 is 0.778 bits per heavy atom. The number of rotatable bonds is 19. The fourth-order valence-corrected chi connectivity index (χ4v) is 3.83. The highest BCUT2D eigenvalue weighted by molar-refractivity contribution is 6.17. The summed E-state index contributed by atoms with van der Waals surface area (Å²) in [5.74, 6) is 0.831. The minimum absolute atomic E-state index is 0.831. The normalized spacial score (nSPS) is 11.0. The molecule has 0 aliphatic carbocycles. The quantitative estimate of drug-likeness (QED) is 0.0978. The molecule has 0 amide bonds. The van der Waals surface area contributed by atoms with Gasteiger partial charge in [-0.25, -0.2) is 4.57 Å². The largest absolute Gasteiger partial charge is 0.205 e. The van der Waals surface area contributed by atoms with Gasteiger partial charge in [-0.2, -0.15) is 0 Å². The summed E-state index contributed by atoms with van der Waals surface area (Å²) in [5.41, 5.74) is 1.50. The van der Waals surface area contributed by atoms with Crippen molar-refractivity contribution in [1.29, 1.82) is 0 Å². The van der Waals surface area contributed by atoms with E-state index >= 15 is 0 Å². The van der Waals surface area contributed by atoms with Crippen LogP contribution in [0.2, 0.25) is 0 Å². The van der Waals surface area contributed by atoms with E-state index in [2.05, 4.69) is 35.7 Å². The number of unbranched alkanes of at least 4 members (excludes halogenated alkanes) is 13. The van der Waals surface area contributed by atoms with E-state index in [0.29, 0.717) is 0 Å². The predicted molar refractivity (Wildman–Crippen MR) is 121 cm³/mol. The van der Waals surface area contributed by atoms with Crippen molar-refractivity contribution < 1.29 is 4.57 Å². The number of halogens is 1. The second-order valence-corrected chi connectivity index (χ2v) is 8.29. The summed E-state index contributed by atoms with van der Waals surface area (Å²) in [4.78, 5) is 0. The molecule has 2 heteroatoms. The fourth-order valence-electron chi connectivity index (χ4n) is 3.64. The maximum atomic E-state index is 5.70. The number of hydrogen-bond donors (Lipinski definition) is 0. The summed E-state index contributed by atoms with van der Waals surface area (Å²) in [5, 5.41) is 0. The molecule has 0 radical (unpaired) electrons. The Bertz CT molecular complexity index is 457. The van der Waals surface area contributed by atoms with Gasteiger partial charge in [0.25, 0.3) is 0 Å². The molecule has 0 fully saturated rings. The highest BCUT2D eigenvalue weighted by Crippen LogP contribution is 2.12. The van der Waals surface area contributed by atoms with Crippen LogP contribution in [0.4, 0.5) is 0 Å². The third-order valence-electron chi connectivity index (χ3n) is 5.34. The lowest BCUT2D eigenvalue weighted by atomic mass is 10.0. The molecule has 1 rings (SSSR count). The highest BCUT2D eigenvalue weighted by Gasteiger charge is 2.03. The van der Waals surface area contributed by atoms with Crippen LogP contribution in [-0.2, 0) is 13.0 Å². The van der Waals surface area contributed by atoms with Gasteiger partial charge in [-0.1, -0.05) is 63.9 Å². The molecule has 0 N–H and O–H groups in total. The Morgan fingerprint density at radius 3 is 2.04 bits per heavy atom. The van der Waals surface area contributed by atoms with E-state index in [0.717, 1.165) is 18.8 Å². The van der Waals surface area contributed by atoms with Crippen molar-refractivity contribution in [2.24, 2.45) is 0 Å². The predicted octanol–water partition coefficient (Wildman–Crippen LogP) is 7.79. The molecule has 0 aromatic carbocycles. The molecule has 1 heterocycles. The summed E-state index contributed by atoms with van der Waals surface area (Å²) in [6, 6.07) is 4.51. The van der Waals surface area contributed by atoms with Gasteiger partial charge < -0.3 is 0 Å². The Hall–Kier alpha value is -0.820. The van der Waals surface area contributed by atoms with Crippen LogP contribution in [0.5, 0.6) is 0 Å². The Kier molecular flexibility index (Phi) is 16.6. The third-order valence-corrected chi connectivity index (χ3v) is 5.61. The average Bonchev–Trinajstić information content (AvgIpc) is 2.69. The molecule has 0 aliphatic heterocycles. The zero-order valence-electron chi connectivity index (χ0n) is 17.6. The van der Waals surface area contributed by atoms with E-state index in [4.69, 9.17) is 11.6 Å². The van der Waals surface area contributed by atoms with Gasteiger partial charge in [-0.15, -0.1) is 18.2 Å².